The van der Waals surface area contributed by atoms with Gasteiger partial charge in [0.1, 0.15) is 5.82 Å². The third kappa shape index (κ3) is 6.22. The molecule has 1 aliphatic rings. The largest absolute Gasteiger partial charge is 0.493 e. The van der Waals surface area contributed by atoms with E-state index in [1.807, 2.05) is 36.4 Å². The molecule has 2 heterocycles. The van der Waals surface area contributed by atoms with Crippen LogP contribution in [0.1, 0.15) is 49.1 Å². The third-order valence-electron chi connectivity index (χ3n) is 7.05. The number of amides is 1. The minimum Gasteiger partial charge on any atom is -0.493 e. The summed E-state index contributed by atoms with van der Waals surface area (Å²) in [6.45, 7) is 3.75. The van der Waals surface area contributed by atoms with E-state index >= 15 is 0 Å². The summed E-state index contributed by atoms with van der Waals surface area (Å²) >= 11 is 0. The van der Waals surface area contributed by atoms with Gasteiger partial charge in [0.15, 0.2) is 11.5 Å². The smallest absolute Gasteiger partial charge is 0.270 e. The molecule has 0 N–H and O–H groups in total. The lowest BCUT2D eigenvalue weighted by Gasteiger charge is -2.32. The second-order valence-corrected chi connectivity index (χ2v) is 9.39. The summed E-state index contributed by atoms with van der Waals surface area (Å²) in [4.78, 5) is 30.5. The molecule has 10 heteroatoms. The number of imidazole rings is 1. The molecule has 4 rings (SSSR count). The Morgan fingerprint density at radius 2 is 1.79 bits per heavy atom. The molecule has 1 amide bonds. The lowest BCUT2D eigenvalue weighted by atomic mass is 9.95. The van der Waals surface area contributed by atoms with Crippen molar-refractivity contribution in [3.8, 4) is 17.2 Å². The minimum absolute atomic E-state index is 0.00879. The summed E-state index contributed by atoms with van der Waals surface area (Å²) in [6, 6.07) is 10.2. The van der Waals surface area contributed by atoms with Gasteiger partial charge in [-0.05, 0) is 48.6 Å². The number of rotatable bonds is 10. The van der Waals surface area contributed by atoms with Crippen molar-refractivity contribution in [2.24, 2.45) is 0 Å². The first kappa shape index (κ1) is 27.7. The molecule has 206 valence electrons. The van der Waals surface area contributed by atoms with E-state index in [2.05, 4.69) is 9.55 Å². The van der Waals surface area contributed by atoms with E-state index < -0.39 is 4.92 Å². The van der Waals surface area contributed by atoms with Gasteiger partial charge in [-0.1, -0.05) is 19.1 Å². The van der Waals surface area contributed by atoms with E-state index in [0.29, 0.717) is 54.4 Å². The van der Waals surface area contributed by atoms with Gasteiger partial charge in [0, 0.05) is 55.7 Å². The molecule has 39 heavy (non-hydrogen) atoms. The maximum absolute atomic E-state index is 13.3. The summed E-state index contributed by atoms with van der Waals surface area (Å²) in [6.07, 6.45) is 7.67. The number of hydrogen-bond donors (Lipinski definition) is 0. The van der Waals surface area contributed by atoms with Gasteiger partial charge in [0.2, 0.25) is 11.7 Å². The van der Waals surface area contributed by atoms with Gasteiger partial charge in [-0.3, -0.25) is 14.9 Å². The van der Waals surface area contributed by atoms with Gasteiger partial charge < -0.3 is 23.7 Å². The average molecular weight is 535 g/mol. The Kier molecular flexibility index (Phi) is 8.85. The zero-order valence-corrected chi connectivity index (χ0v) is 22.8. The standard InChI is InChI=1S/C29H34N4O6/c1-5-22(15-20-7-6-8-24(16-20)33(35)36)29(34)31-12-9-23(10-13-31)28-30-11-14-32(28)19-21-17-25(37-2)27(39-4)26(18-21)38-3/h6-8,11,14-18,23H,5,9-10,12-13,19H2,1-4H3. The number of aromatic nitrogens is 2. The second-order valence-electron chi connectivity index (χ2n) is 9.39. The number of hydrogen-bond acceptors (Lipinski definition) is 7. The van der Waals surface area contributed by atoms with Crippen LogP contribution in [0.15, 0.2) is 54.4 Å². The first-order valence-electron chi connectivity index (χ1n) is 12.9. The van der Waals surface area contributed by atoms with Crippen molar-refractivity contribution in [1.82, 2.24) is 14.5 Å². The monoisotopic (exact) mass is 534 g/mol. The van der Waals surface area contributed by atoms with Crippen LogP contribution in [0, 0.1) is 10.1 Å². The molecule has 0 radical (unpaired) electrons. The maximum atomic E-state index is 13.3. The topological polar surface area (TPSA) is 109 Å². The SMILES string of the molecule is CCC(=Cc1cccc([N+](=O)[O-])c1)C(=O)N1CCC(c2nccn2Cc2cc(OC)c(OC)c(OC)c2)CC1. The highest BCUT2D eigenvalue weighted by molar-refractivity contribution is 5.97. The first-order chi connectivity index (χ1) is 18.9. The molecule has 1 aliphatic heterocycles. The van der Waals surface area contributed by atoms with Crippen molar-refractivity contribution in [2.45, 2.75) is 38.6 Å². The molecule has 0 unspecified atom stereocenters. The van der Waals surface area contributed by atoms with Crippen molar-refractivity contribution in [3.05, 3.63) is 81.4 Å². The second kappa shape index (κ2) is 12.5. The summed E-state index contributed by atoms with van der Waals surface area (Å²) in [5.41, 5.74) is 2.29. The van der Waals surface area contributed by atoms with Crippen LogP contribution in [-0.4, -0.2) is 59.7 Å². The number of carbonyl (C=O) groups excluding carboxylic acids is 1. The van der Waals surface area contributed by atoms with Gasteiger partial charge in [0.25, 0.3) is 5.69 Å². The predicted octanol–water partition coefficient (Wildman–Crippen LogP) is 5.07. The number of ether oxygens (including phenoxy) is 3. The molecular weight excluding hydrogens is 500 g/mol. The molecule has 2 aromatic carbocycles. The van der Waals surface area contributed by atoms with Gasteiger partial charge in [-0.15, -0.1) is 0 Å². The van der Waals surface area contributed by atoms with E-state index in [4.69, 9.17) is 14.2 Å². The molecular formula is C29H34N4O6. The van der Waals surface area contributed by atoms with E-state index in [1.54, 1.807) is 39.5 Å². The molecule has 1 aromatic heterocycles. The number of methoxy groups -OCH3 is 3. The summed E-state index contributed by atoms with van der Waals surface area (Å²) in [5, 5.41) is 11.1. The van der Waals surface area contributed by atoms with Crippen LogP contribution in [-0.2, 0) is 11.3 Å². The first-order valence-corrected chi connectivity index (χ1v) is 12.9. The van der Waals surface area contributed by atoms with E-state index in [0.717, 1.165) is 24.2 Å². The van der Waals surface area contributed by atoms with Crippen molar-refractivity contribution >= 4 is 17.7 Å². The van der Waals surface area contributed by atoms with Gasteiger partial charge in [0.05, 0.1) is 26.3 Å². The van der Waals surface area contributed by atoms with Gasteiger partial charge >= 0.3 is 0 Å². The molecule has 0 spiro atoms. The molecule has 3 aromatic rings. The van der Waals surface area contributed by atoms with Gasteiger partial charge in [-0.25, -0.2) is 4.98 Å². The third-order valence-corrected chi connectivity index (χ3v) is 7.05. The molecule has 0 atom stereocenters. The number of likely N-dealkylation sites (tertiary alicyclic amines) is 1. The van der Waals surface area contributed by atoms with E-state index in [9.17, 15) is 14.9 Å². The Morgan fingerprint density at radius 1 is 1.10 bits per heavy atom. The number of benzene rings is 2. The highest BCUT2D eigenvalue weighted by atomic mass is 16.6. The lowest BCUT2D eigenvalue weighted by molar-refractivity contribution is -0.384. The fourth-order valence-electron chi connectivity index (χ4n) is 5.03. The summed E-state index contributed by atoms with van der Waals surface area (Å²) in [5.74, 6) is 2.94. The Balaban J connectivity index is 1.44. The zero-order valence-electron chi connectivity index (χ0n) is 22.8. The molecule has 0 saturated carbocycles. The van der Waals surface area contributed by atoms with Crippen molar-refractivity contribution in [1.29, 1.82) is 0 Å². The summed E-state index contributed by atoms with van der Waals surface area (Å²) < 4.78 is 18.6. The minimum atomic E-state index is -0.429. The van der Waals surface area contributed by atoms with Crippen LogP contribution in [0.2, 0.25) is 0 Å². The van der Waals surface area contributed by atoms with Crippen LogP contribution in [0.4, 0.5) is 5.69 Å². The average Bonchev–Trinajstić information content (AvgIpc) is 3.43. The predicted molar refractivity (Wildman–Crippen MR) is 147 cm³/mol. The Morgan fingerprint density at radius 3 is 2.38 bits per heavy atom. The quantitative estimate of drug-likeness (QED) is 0.203. The number of non-ortho nitro benzene ring substituents is 1. The van der Waals surface area contributed by atoms with Crippen molar-refractivity contribution < 1.29 is 23.9 Å². The Hall–Kier alpha value is -4.34. The van der Waals surface area contributed by atoms with E-state index in [-0.39, 0.29) is 17.5 Å². The van der Waals surface area contributed by atoms with Crippen LogP contribution >= 0.6 is 0 Å². The summed E-state index contributed by atoms with van der Waals surface area (Å²) in [7, 11) is 4.78. The highest BCUT2D eigenvalue weighted by Crippen LogP contribution is 2.38. The lowest BCUT2D eigenvalue weighted by Crippen LogP contribution is -2.39. The fourth-order valence-corrected chi connectivity index (χ4v) is 5.03. The van der Waals surface area contributed by atoms with Gasteiger partial charge in [-0.2, -0.15) is 0 Å². The van der Waals surface area contributed by atoms with Crippen molar-refractivity contribution in [3.63, 3.8) is 0 Å². The van der Waals surface area contributed by atoms with Crippen LogP contribution in [0.5, 0.6) is 17.2 Å². The van der Waals surface area contributed by atoms with Crippen LogP contribution < -0.4 is 14.2 Å². The van der Waals surface area contributed by atoms with Crippen LogP contribution in [0.3, 0.4) is 0 Å². The number of nitro benzene ring substituents is 1. The molecule has 0 aliphatic carbocycles. The van der Waals surface area contributed by atoms with Crippen LogP contribution in [0.25, 0.3) is 6.08 Å². The number of piperidine rings is 1. The molecule has 1 fully saturated rings. The Bertz CT molecular complexity index is 1330. The number of nitrogens with zero attached hydrogens (tertiary/aromatic N) is 4. The zero-order chi connectivity index (χ0) is 27.9. The Labute approximate surface area is 228 Å². The molecule has 0 bridgehead atoms. The number of carbonyl (C=O) groups is 1. The van der Waals surface area contributed by atoms with E-state index in [1.165, 1.54) is 12.1 Å². The fraction of sp³-hybridized carbons (Fsp3) is 0.379. The number of nitro groups is 1. The van der Waals surface area contributed by atoms with Crippen molar-refractivity contribution in [2.75, 3.05) is 34.4 Å². The normalized spacial score (nSPS) is 14.3. The maximum Gasteiger partial charge on any atom is 0.270 e. The molecule has 10 nitrogen and oxygen atoms in total. The molecule has 1 saturated heterocycles. The highest BCUT2D eigenvalue weighted by Gasteiger charge is 2.28.